The molecule has 0 unspecified atom stereocenters. The van der Waals surface area contributed by atoms with Gasteiger partial charge in [-0.25, -0.2) is 0 Å². The van der Waals surface area contributed by atoms with Crippen LogP contribution >= 0.6 is 12.4 Å². The smallest absolute Gasteiger partial charge is 0.258 e. The summed E-state index contributed by atoms with van der Waals surface area (Å²) in [5.41, 5.74) is 6.14. The fourth-order valence-corrected chi connectivity index (χ4v) is 1.71. The molecule has 0 atom stereocenters. The van der Waals surface area contributed by atoms with Gasteiger partial charge in [-0.05, 0) is 38.5 Å². The van der Waals surface area contributed by atoms with Crippen LogP contribution in [-0.4, -0.2) is 31.7 Å². The molecule has 0 aliphatic rings. The van der Waals surface area contributed by atoms with Gasteiger partial charge in [0.1, 0.15) is 0 Å². The lowest BCUT2D eigenvalue weighted by molar-refractivity contribution is -0.124. The second-order valence-electron chi connectivity index (χ2n) is 5.34. The zero-order valence-electron chi connectivity index (χ0n) is 13.5. The Balaban J connectivity index is 0.00000441. The minimum Gasteiger partial charge on any atom is -0.493 e. The maximum Gasteiger partial charge on any atom is 0.258 e. The van der Waals surface area contributed by atoms with E-state index in [1.54, 1.807) is 13.2 Å². The molecular weight excluding hydrogens is 304 g/mol. The van der Waals surface area contributed by atoms with Gasteiger partial charge in [0.2, 0.25) is 0 Å². The first kappa shape index (κ1) is 20.3. The summed E-state index contributed by atoms with van der Waals surface area (Å²) >= 11 is 0. The van der Waals surface area contributed by atoms with Crippen molar-refractivity contribution < 1.29 is 14.3 Å². The van der Waals surface area contributed by atoms with E-state index < -0.39 is 5.54 Å². The van der Waals surface area contributed by atoms with Crippen LogP contribution in [0.1, 0.15) is 26.3 Å². The molecule has 124 valence electrons. The molecule has 1 rings (SSSR count). The largest absolute Gasteiger partial charge is 0.493 e. The quantitative estimate of drug-likeness (QED) is 0.806. The van der Waals surface area contributed by atoms with E-state index in [0.717, 1.165) is 5.56 Å². The number of ether oxygens (including phenoxy) is 2. The van der Waals surface area contributed by atoms with Gasteiger partial charge in [0, 0.05) is 12.1 Å². The van der Waals surface area contributed by atoms with Crippen molar-refractivity contribution in [1.29, 1.82) is 0 Å². The highest BCUT2D eigenvalue weighted by molar-refractivity contribution is 5.85. The van der Waals surface area contributed by atoms with E-state index >= 15 is 0 Å². The molecule has 0 saturated carbocycles. The highest BCUT2D eigenvalue weighted by Crippen LogP contribution is 2.28. The summed E-state index contributed by atoms with van der Waals surface area (Å²) in [6.45, 7) is 5.94. The van der Waals surface area contributed by atoms with Gasteiger partial charge in [-0.3, -0.25) is 4.79 Å². The summed E-state index contributed by atoms with van der Waals surface area (Å²) in [6.07, 6.45) is 3.90. The van der Waals surface area contributed by atoms with Crippen LogP contribution in [0, 0.1) is 0 Å². The number of hydrogen-bond donors (Lipinski definition) is 2. The van der Waals surface area contributed by atoms with Crippen molar-refractivity contribution in [1.82, 2.24) is 5.32 Å². The average molecular weight is 329 g/mol. The molecule has 0 saturated heterocycles. The predicted octanol–water partition coefficient (Wildman–Crippen LogP) is 2.38. The normalized spacial score (nSPS) is 11.0. The Kier molecular flexibility index (Phi) is 8.60. The molecule has 6 heteroatoms. The molecule has 22 heavy (non-hydrogen) atoms. The molecule has 5 nitrogen and oxygen atoms in total. The number of hydrogen-bond acceptors (Lipinski definition) is 4. The number of nitrogens with one attached hydrogen (secondary N) is 1. The Morgan fingerprint density at radius 2 is 2.05 bits per heavy atom. The van der Waals surface area contributed by atoms with Gasteiger partial charge >= 0.3 is 0 Å². The molecule has 0 aliphatic heterocycles. The van der Waals surface area contributed by atoms with Crippen LogP contribution in [0.25, 0.3) is 6.08 Å². The summed E-state index contributed by atoms with van der Waals surface area (Å²) < 4.78 is 10.8. The SMILES string of the molecule is C/C=C/c1ccc(OCC(=O)NC(C)(C)CN)c(OC)c1.Cl. The molecule has 1 aromatic rings. The fraction of sp³-hybridized carbons (Fsp3) is 0.438. The van der Waals surface area contributed by atoms with E-state index in [-0.39, 0.29) is 24.9 Å². The van der Waals surface area contributed by atoms with Gasteiger partial charge in [-0.1, -0.05) is 18.2 Å². The summed E-state index contributed by atoms with van der Waals surface area (Å²) in [5.74, 6) is 0.910. The Bertz CT molecular complexity index is 516. The van der Waals surface area contributed by atoms with Crippen LogP contribution in [-0.2, 0) is 4.79 Å². The van der Waals surface area contributed by atoms with Crippen molar-refractivity contribution in [2.45, 2.75) is 26.3 Å². The van der Waals surface area contributed by atoms with Gasteiger partial charge in [0.15, 0.2) is 18.1 Å². The number of amides is 1. The molecular formula is C16H25ClN2O3. The maximum absolute atomic E-state index is 11.8. The van der Waals surface area contributed by atoms with Gasteiger partial charge in [0.05, 0.1) is 7.11 Å². The number of halogens is 1. The number of carbonyl (C=O) groups excluding carboxylic acids is 1. The first-order valence-corrected chi connectivity index (χ1v) is 6.86. The van der Waals surface area contributed by atoms with Crippen LogP contribution in [0.2, 0.25) is 0 Å². The van der Waals surface area contributed by atoms with E-state index in [1.807, 2.05) is 45.1 Å². The van der Waals surface area contributed by atoms with Crippen molar-refractivity contribution in [3.63, 3.8) is 0 Å². The van der Waals surface area contributed by atoms with Crippen molar-refractivity contribution in [3.05, 3.63) is 29.8 Å². The van der Waals surface area contributed by atoms with E-state index in [2.05, 4.69) is 5.32 Å². The third-order valence-corrected chi connectivity index (χ3v) is 2.89. The third kappa shape index (κ3) is 6.37. The predicted molar refractivity (Wildman–Crippen MR) is 91.7 cm³/mol. The molecule has 0 aliphatic carbocycles. The number of allylic oxidation sites excluding steroid dienone is 1. The lowest BCUT2D eigenvalue weighted by Gasteiger charge is -2.24. The van der Waals surface area contributed by atoms with Crippen LogP contribution < -0.4 is 20.5 Å². The zero-order valence-corrected chi connectivity index (χ0v) is 14.3. The molecule has 0 fully saturated rings. The number of methoxy groups -OCH3 is 1. The molecule has 0 bridgehead atoms. The summed E-state index contributed by atoms with van der Waals surface area (Å²) in [6, 6.07) is 5.55. The van der Waals surface area contributed by atoms with Crippen molar-refractivity contribution in [2.24, 2.45) is 5.73 Å². The van der Waals surface area contributed by atoms with Gasteiger partial charge in [-0.2, -0.15) is 0 Å². The summed E-state index contributed by atoms with van der Waals surface area (Å²) in [7, 11) is 1.57. The van der Waals surface area contributed by atoms with E-state index in [9.17, 15) is 4.79 Å². The van der Waals surface area contributed by atoms with Crippen molar-refractivity contribution >= 4 is 24.4 Å². The molecule has 3 N–H and O–H groups in total. The van der Waals surface area contributed by atoms with E-state index in [4.69, 9.17) is 15.2 Å². The zero-order chi connectivity index (χ0) is 15.9. The molecule has 0 radical (unpaired) electrons. The maximum atomic E-state index is 11.8. The molecule has 1 amide bonds. The number of rotatable bonds is 7. The number of nitrogens with two attached hydrogens (primary N) is 1. The van der Waals surface area contributed by atoms with E-state index in [1.165, 1.54) is 0 Å². The lowest BCUT2D eigenvalue weighted by Crippen LogP contribution is -2.50. The minimum absolute atomic E-state index is 0. The molecule has 0 heterocycles. The van der Waals surface area contributed by atoms with Gasteiger partial charge < -0.3 is 20.5 Å². The van der Waals surface area contributed by atoms with Gasteiger partial charge in [-0.15, -0.1) is 12.4 Å². The second kappa shape index (κ2) is 9.33. The Hall–Kier alpha value is -1.72. The topological polar surface area (TPSA) is 73.6 Å². The van der Waals surface area contributed by atoms with Crippen LogP contribution in [0.5, 0.6) is 11.5 Å². The van der Waals surface area contributed by atoms with Crippen LogP contribution in [0.3, 0.4) is 0 Å². The third-order valence-electron chi connectivity index (χ3n) is 2.89. The van der Waals surface area contributed by atoms with Crippen LogP contribution in [0.4, 0.5) is 0 Å². The Morgan fingerprint density at radius 1 is 1.36 bits per heavy atom. The minimum atomic E-state index is -0.444. The monoisotopic (exact) mass is 328 g/mol. The Labute approximate surface area is 138 Å². The molecule has 0 aromatic heterocycles. The van der Waals surface area contributed by atoms with Crippen molar-refractivity contribution in [2.75, 3.05) is 20.3 Å². The Morgan fingerprint density at radius 3 is 2.59 bits per heavy atom. The fourth-order valence-electron chi connectivity index (χ4n) is 1.71. The molecule has 1 aromatic carbocycles. The highest BCUT2D eigenvalue weighted by Gasteiger charge is 2.18. The van der Waals surface area contributed by atoms with Gasteiger partial charge in [0.25, 0.3) is 5.91 Å². The van der Waals surface area contributed by atoms with Crippen molar-refractivity contribution in [3.8, 4) is 11.5 Å². The number of benzene rings is 1. The van der Waals surface area contributed by atoms with E-state index in [0.29, 0.717) is 18.0 Å². The van der Waals surface area contributed by atoms with Crippen LogP contribution in [0.15, 0.2) is 24.3 Å². The number of carbonyl (C=O) groups is 1. The first-order chi connectivity index (χ1) is 9.91. The average Bonchev–Trinajstić information content (AvgIpc) is 2.45. The highest BCUT2D eigenvalue weighted by atomic mass is 35.5. The first-order valence-electron chi connectivity index (χ1n) is 6.86. The second-order valence-corrected chi connectivity index (χ2v) is 5.34. The lowest BCUT2D eigenvalue weighted by atomic mass is 10.1. The summed E-state index contributed by atoms with van der Waals surface area (Å²) in [4.78, 5) is 11.8. The summed E-state index contributed by atoms with van der Waals surface area (Å²) in [5, 5.41) is 2.80. The standard InChI is InChI=1S/C16H24N2O3.ClH/c1-5-6-12-7-8-13(14(9-12)20-4)21-10-15(19)18-16(2,3)11-17;/h5-9H,10-11,17H2,1-4H3,(H,18,19);1H/b6-5+;. The molecule has 0 spiro atoms.